The number of halogens is 1. The van der Waals surface area contributed by atoms with Crippen LogP contribution in [0, 0.1) is 12.7 Å². The molecule has 1 aromatic carbocycles. The second kappa shape index (κ2) is 5.58. The van der Waals surface area contributed by atoms with Crippen molar-refractivity contribution >= 4 is 23.4 Å². The molecular weight excluding hydrogens is 277 g/mol. The molecule has 0 atom stereocenters. The van der Waals surface area contributed by atoms with Gasteiger partial charge < -0.3 is 16.2 Å². The molecule has 0 aliphatic rings. The number of aryl methyl sites for hydroxylation is 1. The topological polar surface area (TPSA) is 105 Å². The molecule has 0 saturated carbocycles. The number of benzene rings is 1. The van der Waals surface area contributed by atoms with Gasteiger partial charge in [0, 0.05) is 5.69 Å². The summed E-state index contributed by atoms with van der Waals surface area (Å²) in [5.74, 6) is -2.59. The SMILES string of the molecule is Cc1ccc(C(N)=O)c(Nc2ccc(C(=O)O)cc2F)n1. The molecule has 6 nitrogen and oxygen atoms in total. The minimum absolute atomic E-state index is 0.000556. The highest BCUT2D eigenvalue weighted by molar-refractivity contribution is 5.98. The molecule has 0 saturated heterocycles. The average Bonchev–Trinajstić information content (AvgIpc) is 2.40. The number of carbonyl (C=O) groups excluding carboxylic acids is 1. The summed E-state index contributed by atoms with van der Waals surface area (Å²) in [6.45, 7) is 1.71. The van der Waals surface area contributed by atoms with E-state index in [0.29, 0.717) is 5.69 Å². The van der Waals surface area contributed by atoms with Crippen molar-refractivity contribution in [2.24, 2.45) is 5.73 Å². The summed E-state index contributed by atoms with van der Waals surface area (Å²) < 4.78 is 13.9. The van der Waals surface area contributed by atoms with Crippen molar-refractivity contribution < 1.29 is 19.1 Å². The summed E-state index contributed by atoms with van der Waals surface area (Å²) >= 11 is 0. The molecule has 0 aliphatic carbocycles. The number of amides is 1. The number of pyridine rings is 1. The third kappa shape index (κ3) is 3.14. The first-order valence-corrected chi connectivity index (χ1v) is 5.96. The summed E-state index contributed by atoms with van der Waals surface area (Å²) in [5, 5.41) is 11.4. The van der Waals surface area contributed by atoms with Crippen LogP contribution in [0.4, 0.5) is 15.9 Å². The highest BCUT2D eigenvalue weighted by atomic mass is 19.1. The van der Waals surface area contributed by atoms with Crippen molar-refractivity contribution in [3.63, 3.8) is 0 Å². The number of primary amides is 1. The molecular formula is C14H12FN3O3. The van der Waals surface area contributed by atoms with Crippen molar-refractivity contribution in [2.75, 3.05) is 5.32 Å². The van der Waals surface area contributed by atoms with Crippen molar-refractivity contribution in [1.29, 1.82) is 0 Å². The number of nitrogens with one attached hydrogen (secondary N) is 1. The number of carboxylic acids is 1. The lowest BCUT2D eigenvalue weighted by molar-refractivity contribution is 0.0696. The minimum atomic E-state index is -1.23. The van der Waals surface area contributed by atoms with Gasteiger partial charge in [-0.15, -0.1) is 0 Å². The van der Waals surface area contributed by atoms with Crippen LogP contribution in [0.3, 0.4) is 0 Å². The normalized spacial score (nSPS) is 10.2. The number of anilines is 2. The minimum Gasteiger partial charge on any atom is -0.478 e. The summed E-state index contributed by atoms with van der Waals surface area (Å²) in [5.41, 5.74) is 5.78. The molecule has 1 aromatic heterocycles. The van der Waals surface area contributed by atoms with Gasteiger partial charge in [0.05, 0.1) is 16.8 Å². The Balaban J connectivity index is 2.40. The lowest BCUT2D eigenvalue weighted by atomic mass is 10.2. The zero-order valence-corrected chi connectivity index (χ0v) is 11.1. The monoisotopic (exact) mass is 289 g/mol. The number of carbonyl (C=O) groups is 2. The van der Waals surface area contributed by atoms with Crippen LogP contribution < -0.4 is 11.1 Å². The molecule has 0 spiro atoms. The number of nitrogens with two attached hydrogens (primary N) is 1. The van der Waals surface area contributed by atoms with Gasteiger partial charge in [-0.05, 0) is 37.3 Å². The Morgan fingerprint density at radius 2 is 2.00 bits per heavy atom. The van der Waals surface area contributed by atoms with Crippen molar-refractivity contribution in [3.8, 4) is 0 Å². The number of hydrogen-bond acceptors (Lipinski definition) is 4. The van der Waals surface area contributed by atoms with Crippen molar-refractivity contribution in [3.05, 3.63) is 53.0 Å². The maximum atomic E-state index is 13.9. The maximum Gasteiger partial charge on any atom is 0.335 e. The third-order valence-corrected chi connectivity index (χ3v) is 2.77. The Kier molecular flexibility index (Phi) is 3.84. The smallest absolute Gasteiger partial charge is 0.335 e. The van der Waals surface area contributed by atoms with Crippen molar-refractivity contribution in [1.82, 2.24) is 4.98 Å². The second-order valence-corrected chi connectivity index (χ2v) is 4.34. The number of aromatic nitrogens is 1. The van der Waals surface area contributed by atoms with Gasteiger partial charge in [0.25, 0.3) is 5.91 Å². The van der Waals surface area contributed by atoms with E-state index in [4.69, 9.17) is 10.8 Å². The molecule has 0 radical (unpaired) electrons. The zero-order chi connectivity index (χ0) is 15.6. The number of nitrogens with zero attached hydrogens (tertiary/aromatic N) is 1. The van der Waals surface area contributed by atoms with E-state index in [2.05, 4.69) is 10.3 Å². The molecule has 2 rings (SSSR count). The average molecular weight is 289 g/mol. The number of hydrogen-bond donors (Lipinski definition) is 3. The predicted octanol–water partition coefficient (Wildman–Crippen LogP) is 2.07. The quantitative estimate of drug-likeness (QED) is 0.799. The summed E-state index contributed by atoms with van der Waals surface area (Å²) in [6, 6.07) is 6.47. The van der Waals surface area contributed by atoms with E-state index in [1.807, 2.05) is 0 Å². The molecule has 2 aromatic rings. The molecule has 0 aliphatic heterocycles. The fraction of sp³-hybridized carbons (Fsp3) is 0.0714. The Bertz CT molecular complexity index is 731. The van der Waals surface area contributed by atoms with Crippen LogP contribution in [0.2, 0.25) is 0 Å². The van der Waals surface area contributed by atoms with Gasteiger partial charge in [-0.25, -0.2) is 14.2 Å². The molecule has 1 amide bonds. The molecule has 1 heterocycles. The highest BCUT2D eigenvalue weighted by Gasteiger charge is 2.13. The van der Waals surface area contributed by atoms with E-state index in [1.165, 1.54) is 18.2 Å². The first kappa shape index (κ1) is 14.4. The molecule has 108 valence electrons. The Labute approximate surface area is 119 Å². The zero-order valence-electron chi connectivity index (χ0n) is 11.1. The molecule has 7 heteroatoms. The summed E-state index contributed by atoms with van der Waals surface area (Å²) in [4.78, 5) is 26.2. The van der Waals surface area contributed by atoms with Gasteiger partial charge >= 0.3 is 5.97 Å². The fourth-order valence-corrected chi connectivity index (χ4v) is 1.73. The number of aromatic carboxylic acids is 1. The van der Waals surface area contributed by atoms with Gasteiger partial charge in [-0.1, -0.05) is 0 Å². The van der Waals surface area contributed by atoms with E-state index < -0.39 is 17.7 Å². The summed E-state index contributed by atoms with van der Waals surface area (Å²) in [6.07, 6.45) is 0. The van der Waals surface area contributed by atoms with Gasteiger partial charge in [0.15, 0.2) is 0 Å². The van der Waals surface area contributed by atoms with Crippen LogP contribution in [0.15, 0.2) is 30.3 Å². The molecule has 0 unspecified atom stereocenters. The van der Waals surface area contributed by atoms with Crippen LogP contribution in [0.25, 0.3) is 0 Å². The Morgan fingerprint density at radius 1 is 1.29 bits per heavy atom. The Hall–Kier alpha value is -2.96. The highest BCUT2D eigenvalue weighted by Crippen LogP contribution is 2.22. The second-order valence-electron chi connectivity index (χ2n) is 4.34. The van der Waals surface area contributed by atoms with E-state index >= 15 is 0 Å². The molecule has 0 bridgehead atoms. The predicted molar refractivity (Wildman–Crippen MR) is 74.1 cm³/mol. The van der Waals surface area contributed by atoms with Crippen LogP contribution in [0.5, 0.6) is 0 Å². The fourth-order valence-electron chi connectivity index (χ4n) is 1.73. The third-order valence-electron chi connectivity index (χ3n) is 2.77. The first-order chi connectivity index (χ1) is 9.88. The lowest BCUT2D eigenvalue weighted by Crippen LogP contribution is -2.15. The van der Waals surface area contributed by atoms with Crippen LogP contribution in [-0.2, 0) is 0 Å². The van der Waals surface area contributed by atoms with E-state index in [0.717, 1.165) is 6.07 Å². The van der Waals surface area contributed by atoms with Gasteiger partial charge in [0.2, 0.25) is 0 Å². The van der Waals surface area contributed by atoms with E-state index in [-0.39, 0.29) is 22.6 Å². The van der Waals surface area contributed by atoms with Gasteiger partial charge in [0.1, 0.15) is 11.6 Å². The maximum absolute atomic E-state index is 13.9. The number of rotatable bonds is 4. The summed E-state index contributed by atoms with van der Waals surface area (Å²) in [7, 11) is 0. The van der Waals surface area contributed by atoms with Crippen LogP contribution in [0.1, 0.15) is 26.4 Å². The van der Waals surface area contributed by atoms with Crippen LogP contribution >= 0.6 is 0 Å². The van der Waals surface area contributed by atoms with E-state index in [1.54, 1.807) is 13.0 Å². The standard InChI is InChI=1S/C14H12FN3O3/c1-7-2-4-9(12(16)19)13(17-7)18-11-5-3-8(14(20)21)6-10(11)15/h2-6H,1H3,(H2,16,19)(H,17,18)(H,20,21). The first-order valence-electron chi connectivity index (χ1n) is 5.96. The van der Waals surface area contributed by atoms with E-state index in [9.17, 15) is 14.0 Å². The molecule has 21 heavy (non-hydrogen) atoms. The number of carboxylic acid groups (broad SMARTS) is 1. The van der Waals surface area contributed by atoms with Gasteiger partial charge in [-0.2, -0.15) is 0 Å². The Morgan fingerprint density at radius 3 is 2.57 bits per heavy atom. The largest absolute Gasteiger partial charge is 0.478 e. The van der Waals surface area contributed by atoms with Gasteiger partial charge in [-0.3, -0.25) is 4.79 Å². The molecule has 0 fully saturated rings. The van der Waals surface area contributed by atoms with Crippen molar-refractivity contribution in [2.45, 2.75) is 6.92 Å². The lowest BCUT2D eigenvalue weighted by Gasteiger charge is -2.11. The molecule has 4 N–H and O–H groups in total. The van der Waals surface area contributed by atoms with Crippen LogP contribution in [-0.4, -0.2) is 22.0 Å².